The lowest BCUT2D eigenvalue weighted by Gasteiger charge is -2.20. The normalized spacial score (nSPS) is 15.9. The summed E-state index contributed by atoms with van der Waals surface area (Å²) in [5.41, 5.74) is 9.29. The van der Waals surface area contributed by atoms with Crippen molar-refractivity contribution in [1.29, 1.82) is 0 Å². The minimum atomic E-state index is 0.841. The van der Waals surface area contributed by atoms with Crippen LogP contribution in [0.1, 0.15) is 30.9 Å². The molecular formula is C13H20N2. The number of hydrogen-bond donors (Lipinski definition) is 1. The Morgan fingerprint density at radius 3 is 2.67 bits per heavy atom. The van der Waals surface area contributed by atoms with E-state index in [9.17, 15) is 0 Å². The highest BCUT2D eigenvalue weighted by Gasteiger charge is 2.27. The van der Waals surface area contributed by atoms with Crippen molar-refractivity contribution in [2.45, 2.75) is 39.3 Å². The molecule has 1 aromatic rings. The number of nitrogen functional groups attached to an aromatic ring is 1. The fourth-order valence-corrected chi connectivity index (χ4v) is 2.01. The van der Waals surface area contributed by atoms with Crippen LogP contribution in [-0.4, -0.2) is 17.5 Å². The van der Waals surface area contributed by atoms with Crippen molar-refractivity contribution in [2.75, 3.05) is 12.3 Å². The van der Waals surface area contributed by atoms with Gasteiger partial charge in [0.25, 0.3) is 0 Å². The maximum atomic E-state index is 5.81. The van der Waals surface area contributed by atoms with E-state index < -0.39 is 0 Å². The Hall–Kier alpha value is -1.02. The average molecular weight is 204 g/mol. The maximum Gasteiger partial charge on any atom is 0.0343 e. The zero-order valence-corrected chi connectivity index (χ0v) is 9.66. The Balaban J connectivity index is 2.05. The second-order valence-corrected chi connectivity index (χ2v) is 4.49. The first-order valence-electron chi connectivity index (χ1n) is 5.79. The second-order valence-electron chi connectivity index (χ2n) is 4.49. The highest BCUT2D eigenvalue weighted by atomic mass is 15.2. The molecule has 0 amide bonds. The van der Waals surface area contributed by atoms with Crippen molar-refractivity contribution in [1.82, 2.24) is 4.90 Å². The topological polar surface area (TPSA) is 29.3 Å². The summed E-state index contributed by atoms with van der Waals surface area (Å²) in [4.78, 5) is 2.55. The van der Waals surface area contributed by atoms with E-state index in [1.54, 1.807) is 0 Å². The SMILES string of the molecule is CCN(Cc1ccc(N)c(C)c1)C1CC1. The molecule has 0 aliphatic heterocycles. The first-order valence-corrected chi connectivity index (χ1v) is 5.79. The highest BCUT2D eigenvalue weighted by Crippen LogP contribution is 2.28. The average Bonchev–Trinajstić information content (AvgIpc) is 3.03. The summed E-state index contributed by atoms with van der Waals surface area (Å²) in [7, 11) is 0. The van der Waals surface area contributed by atoms with E-state index in [2.05, 4.69) is 30.9 Å². The fraction of sp³-hybridized carbons (Fsp3) is 0.538. The molecule has 0 aromatic heterocycles. The quantitative estimate of drug-likeness (QED) is 0.764. The molecule has 1 fully saturated rings. The summed E-state index contributed by atoms with van der Waals surface area (Å²) < 4.78 is 0. The lowest BCUT2D eigenvalue weighted by Crippen LogP contribution is -2.25. The minimum absolute atomic E-state index is 0.841. The number of hydrogen-bond acceptors (Lipinski definition) is 2. The molecule has 0 heterocycles. The number of nitrogens with zero attached hydrogens (tertiary/aromatic N) is 1. The molecule has 2 rings (SSSR count). The molecule has 0 radical (unpaired) electrons. The van der Waals surface area contributed by atoms with E-state index in [1.807, 2.05) is 6.07 Å². The first kappa shape index (κ1) is 10.5. The molecule has 1 aromatic carbocycles. The molecule has 1 saturated carbocycles. The fourth-order valence-electron chi connectivity index (χ4n) is 2.01. The van der Waals surface area contributed by atoms with Crippen LogP contribution in [0.4, 0.5) is 5.69 Å². The Morgan fingerprint density at radius 2 is 2.13 bits per heavy atom. The summed E-state index contributed by atoms with van der Waals surface area (Å²) in [5.74, 6) is 0. The lowest BCUT2D eigenvalue weighted by atomic mass is 10.1. The van der Waals surface area contributed by atoms with Gasteiger partial charge >= 0.3 is 0 Å². The maximum absolute atomic E-state index is 5.81. The van der Waals surface area contributed by atoms with Crippen LogP contribution in [0.5, 0.6) is 0 Å². The molecule has 0 unspecified atom stereocenters. The van der Waals surface area contributed by atoms with Gasteiger partial charge in [0.05, 0.1) is 0 Å². The zero-order valence-electron chi connectivity index (χ0n) is 9.66. The van der Waals surface area contributed by atoms with Gasteiger partial charge in [-0.3, -0.25) is 4.90 Å². The molecule has 1 aliphatic rings. The smallest absolute Gasteiger partial charge is 0.0343 e. The Morgan fingerprint density at radius 1 is 1.40 bits per heavy atom. The molecular weight excluding hydrogens is 184 g/mol. The van der Waals surface area contributed by atoms with Gasteiger partial charge in [-0.05, 0) is 43.5 Å². The van der Waals surface area contributed by atoms with Gasteiger partial charge in [-0.2, -0.15) is 0 Å². The van der Waals surface area contributed by atoms with Gasteiger partial charge in [0, 0.05) is 18.3 Å². The van der Waals surface area contributed by atoms with Crippen LogP contribution in [0.25, 0.3) is 0 Å². The van der Waals surface area contributed by atoms with Crippen molar-refractivity contribution in [3.8, 4) is 0 Å². The summed E-state index contributed by atoms with van der Waals surface area (Å²) >= 11 is 0. The minimum Gasteiger partial charge on any atom is -0.399 e. The van der Waals surface area contributed by atoms with Gasteiger partial charge in [-0.15, -0.1) is 0 Å². The van der Waals surface area contributed by atoms with Crippen LogP contribution >= 0.6 is 0 Å². The number of nitrogens with two attached hydrogens (primary N) is 1. The Labute approximate surface area is 92.1 Å². The van der Waals surface area contributed by atoms with E-state index in [1.165, 1.54) is 24.0 Å². The van der Waals surface area contributed by atoms with Gasteiger partial charge in [0.1, 0.15) is 0 Å². The summed E-state index contributed by atoms with van der Waals surface area (Å²) in [6, 6.07) is 7.21. The van der Waals surface area contributed by atoms with E-state index in [-0.39, 0.29) is 0 Å². The molecule has 2 heteroatoms. The number of anilines is 1. The van der Waals surface area contributed by atoms with E-state index in [0.29, 0.717) is 0 Å². The molecule has 2 N–H and O–H groups in total. The van der Waals surface area contributed by atoms with Crippen molar-refractivity contribution in [3.05, 3.63) is 29.3 Å². The third kappa shape index (κ3) is 2.51. The van der Waals surface area contributed by atoms with Gasteiger partial charge in [-0.1, -0.05) is 19.1 Å². The highest BCUT2D eigenvalue weighted by molar-refractivity contribution is 5.47. The van der Waals surface area contributed by atoms with Gasteiger partial charge in [-0.25, -0.2) is 0 Å². The Kier molecular flexibility index (Phi) is 2.96. The summed E-state index contributed by atoms with van der Waals surface area (Å²) in [6.07, 6.45) is 2.75. The van der Waals surface area contributed by atoms with Gasteiger partial charge in [0.2, 0.25) is 0 Å². The molecule has 0 bridgehead atoms. The first-order chi connectivity index (χ1) is 7.20. The van der Waals surface area contributed by atoms with Crippen LogP contribution in [0.3, 0.4) is 0 Å². The van der Waals surface area contributed by atoms with E-state index in [0.717, 1.165) is 24.8 Å². The van der Waals surface area contributed by atoms with E-state index in [4.69, 9.17) is 5.73 Å². The predicted molar refractivity (Wildman–Crippen MR) is 64.7 cm³/mol. The van der Waals surface area contributed by atoms with Gasteiger partial charge < -0.3 is 5.73 Å². The van der Waals surface area contributed by atoms with Crippen LogP contribution in [0, 0.1) is 6.92 Å². The molecule has 0 atom stereocenters. The third-order valence-electron chi connectivity index (χ3n) is 3.19. The number of aryl methyl sites for hydroxylation is 1. The molecule has 82 valence electrons. The van der Waals surface area contributed by atoms with Crippen molar-refractivity contribution >= 4 is 5.69 Å². The summed E-state index contributed by atoms with van der Waals surface area (Å²) in [5, 5.41) is 0. The van der Waals surface area contributed by atoms with Crippen molar-refractivity contribution < 1.29 is 0 Å². The standard InChI is InChI=1S/C13H20N2/c1-3-15(12-5-6-12)9-11-4-7-13(14)10(2)8-11/h4,7-8,12H,3,5-6,9,14H2,1-2H3. The Bertz CT molecular complexity index is 342. The number of rotatable bonds is 4. The van der Waals surface area contributed by atoms with Gasteiger partial charge in [0.15, 0.2) is 0 Å². The molecule has 0 saturated heterocycles. The van der Waals surface area contributed by atoms with E-state index >= 15 is 0 Å². The molecule has 15 heavy (non-hydrogen) atoms. The molecule has 2 nitrogen and oxygen atoms in total. The largest absolute Gasteiger partial charge is 0.399 e. The second kappa shape index (κ2) is 4.23. The van der Waals surface area contributed by atoms with Crippen LogP contribution < -0.4 is 5.73 Å². The number of benzene rings is 1. The lowest BCUT2D eigenvalue weighted by molar-refractivity contribution is 0.269. The molecule has 1 aliphatic carbocycles. The van der Waals surface area contributed by atoms with Crippen LogP contribution in [-0.2, 0) is 6.54 Å². The zero-order chi connectivity index (χ0) is 10.8. The molecule has 0 spiro atoms. The van der Waals surface area contributed by atoms with Crippen LogP contribution in [0.15, 0.2) is 18.2 Å². The van der Waals surface area contributed by atoms with Crippen LogP contribution in [0.2, 0.25) is 0 Å². The van der Waals surface area contributed by atoms with Crippen molar-refractivity contribution in [3.63, 3.8) is 0 Å². The van der Waals surface area contributed by atoms with Crippen molar-refractivity contribution in [2.24, 2.45) is 0 Å². The monoisotopic (exact) mass is 204 g/mol. The summed E-state index contributed by atoms with van der Waals surface area (Å²) in [6.45, 7) is 6.53. The predicted octanol–water partition coefficient (Wildman–Crippen LogP) is 2.56. The third-order valence-corrected chi connectivity index (χ3v) is 3.19.